The topological polar surface area (TPSA) is 0 Å². The summed E-state index contributed by atoms with van der Waals surface area (Å²) in [6, 6.07) is 13.3. The standard InChI is InChI=1S/C16H18Ge/c1-11-7-5-8-12(2)15(11)17-16-13(3)9-6-10-14(16)4/h5-10H,1-4H3. The Morgan fingerprint density at radius 3 is 1.18 bits per heavy atom. The van der Waals surface area contributed by atoms with E-state index in [0.717, 1.165) is 0 Å². The van der Waals surface area contributed by atoms with E-state index >= 15 is 0 Å². The van der Waals surface area contributed by atoms with Crippen molar-refractivity contribution < 1.29 is 0 Å². The molecule has 0 spiro atoms. The molecule has 0 saturated carbocycles. The van der Waals surface area contributed by atoms with Gasteiger partial charge in [-0.3, -0.25) is 0 Å². The maximum atomic E-state index is 2.24. The fraction of sp³-hybridized carbons (Fsp3) is 0.250. The molecule has 0 unspecified atom stereocenters. The molecule has 0 aliphatic heterocycles. The van der Waals surface area contributed by atoms with Gasteiger partial charge in [0.05, 0.1) is 0 Å². The van der Waals surface area contributed by atoms with E-state index in [1.54, 1.807) is 8.79 Å². The van der Waals surface area contributed by atoms with Gasteiger partial charge in [0.15, 0.2) is 0 Å². The van der Waals surface area contributed by atoms with Crippen LogP contribution in [0.1, 0.15) is 22.3 Å². The van der Waals surface area contributed by atoms with Crippen LogP contribution in [0.4, 0.5) is 0 Å². The van der Waals surface area contributed by atoms with Crippen LogP contribution in [-0.2, 0) is 0 Å². The van der Waals surface area contributed by atoms with Crippen LogP contribution >= 0.6 is 0 Å². The van der Waals surface area contributed by atoms with Crippen molar-refractivity contribution in [1.82, 2.24) is 0 Å². The van der Waals surface area contributed by atoms with Crippen molar-refractivity contribution in [3.05, 3.63) is 58.7 Å². The van der Waals surface area contributed by atoms with Gasteiger partial charge in [-0.1, -0.05) is 0 Å². The van der Waals surface area contributed by atoms with Gasteiger partial charge in [-0.05, 0) is 0 Å². The van der Waals surface area contributed by atoms with Crippen molar-refractivity contribution in [3.8, 4) is 0 Å². The van der Waals surface area contributed by atoms with E-state index in [0.29, 0.717) is 0 Å². The third-order valence-electron chi connectivity index (χ3n) is 3.21. The van der Waals surface area contributed by atoms with Crippen molar-refractivity contribution in [1.29, 1.82) is 0 Å². The normalized spacial score (nSPS) is 10.6. The van der Waals surface area contributed by atoms with E-state index in [9.17, 15) is 0 Å². The summed E-state index contributed by atoms with van der Waals surface area (Å²) >= 11 is -0.210. The predicted molar refractivity (Wildman–Crippen MR) is 76.9 cm³/mol. The van der Waals surface area contributed by atoms with E-state index in [2.05, 4.69) is 64.1 Å². The summed E-state index contributed by atoms with van der Waals surface area (Å²) in [4.78, 5) is 0. The molecule has 0 nitrogen and oxygen atoms in total. The molecule has 0 aromatic heterocycles. The molecular weight excluding hydrogens is 265 g/mol. The molecule has 0 bridgehead atoms. The average Bonchev–Trinajstić information content (AvgIpc) is 2.27. The van der Waals surface area contributed by atoms with Crippen LogP contribution in [0.25, 0.3) is 0 Å². The van der Waals surface area contributed by atoms with Gasteiger partial charge in [0.25, 0.3) is 0 Å². The number of hydrogen-bond acceptors (Lipinski definition) is 0. The molecule has 17 heavy (non-hydrogen) atoms. The number of hydrogen-bond donors (Lipinski definition) is 0. The quantitative estimate of drug-likeness (QED) is 0.743. The first-order valence-electron chi connectivity index (χ1n) is 5.99. The Balaban J connectivity index is 2.45. The van der Waals surface area contributed by atoms with Crippen LogP contribution in [0.5, 0.6) is 0 Å². The van der Waals surface area contributed by atoms with E-state index in [-0.39, 0.29) is 15.4 Å². The van der Waals surface area contributed by atoms with Crippen LogP contribution in [0.2, 0.25) is 0 Å². The Morgan fingerprint density at radius 2 is 0.882 bits per heavy atom. The molecule has 0 aliphatic rings. The minimum absolute atomic E-state index is 0.210. The predicted octanol–water partition coefficient (Wildman–Crippen LogP) is 2.58. The van der Waals surface area contributed by atoms with Crippen LogP contribution in [0, 0.1) is 27.7 Å². The molecule has 0 saturated heterocycles. The van der Waals surface area contributed by atoms with Gasteiger partial charge in [-0.15, -0.1) is 0 Å². The zero-order chi connectivity index (χ0) is 12.4. The van der Waals surface area contributed by atoms with Gasteiger partial charge in [-0.25, -0.2) is 0 Å². The van der Waals surface area contributed by atoms with Gasteiger partial charge < -0.3 is 0 Å². The van der Waals surface area contributed by atoms with Crippen molar-refractivity contribution in [2.24, 2.45) is 0 Å². The second kappa shape index (κ2) is 5.09. The van der Waals surface area contributed by atoms with Crippen LogP contribution in [0.3, 0.4) is 0 Å². The van der Waals surface area contributed by atoms with Crippen molar-refractivity contribution >= 4 is 24.2 Å². The third-order valence-corrected chi connectivity index (χ3v) is 7.57. The summed E-state index contributed by atoms with van der Waals surface area (Å²) < 4.78 is 3.20. The zero-order valence-corrected chi connectivity index (χ0v) is 13.1. The molecule has 1 heteroatoms. The summed E-state index contributed by atoms with van der Waals surface area (Å²) in [5, 5.41) is 0. The van der Waals surface area contributed by atoms with Crippen LogP contribution in [-0.4, -0.2) is 15.4 Å². The number of rotatable bonds is 2. The Morgan fingerprint density at radius 1 is 0.588 bits per heavy atom. The maximum absolute atomic E-state index is 2.24. The molecule has 86 valence electrons. The van der Waals surface area contributed by atoms with Gasteiger partial charge in [-0.2, -0.15) is 0 Å². The monoisotopic (exact) mass is 284 g/mol. The van der Waals surface area contributed by atoms with Crippen LogP contribution < -0.4 is 8.79 Å². The van der Waals surface area contributed by atoms with Crippen molar-refractivity contribution in [2.75, 3.05) is 0 Å². The Hall–Kier alpha value is -1.02. The molecule has 2 aromatic rings. The Bertz CT molecular complexity index is 451. The van der Waals surface area contributed by atoms with Crippen LogP contribution in [0.15, 0.2) is 36.4 Å². The first kappa shape index (κ1) is 12.4. The summed E-state index contributed by atoms with van der Waals surface area (Å²) in [6.45, 7) is 8.94. The molecule has 0 heterocycles. The second-order valence-corrected chi connectivity index (χ2v) is 7.28. The fourth-order valence-electron chi connectivity index (χ4n) is 2.15. The Kier molecular flexibility index (Phi) is 3.73. The van der Waals surface area contributed by atoms with Gasteiger partial charge >= 0.3 is 111 Å². The summed E-state index contributed by atoms with van der Waals surface area (Å²) in [7, 11) is 0. The van der Waals surface area contributed by atoms with E-state index < -0.39 is 0 Å². The molecule has 2 rings (SSSR count). The Labute approximate surface area is 111 Å². The van der Waals surface area contributed by atoms with Crippen molar-refractivity contribution in [3.63, 3.8) is 0 Å². The minimum atomic E-state index is -0.210. The second-order valence-electron chi connectivity index (χ2n) is 4.66. The van der Waals surface area contributed by atoms with Gasteiger partial charge in [0.1, 0.15) is 0 Å². The third kappa shape index (κ3) is 2.63. The molecule has 0 aliphatic carbocycles. The zero-order valence-electron chi connectivity index (χ0n) is 11.0. The average molecular weight is 283 g/mol. The first-order chi connectivity index (χ1) is 8.09. The SMILES string of the molecule is Cc1cccc(C)[c]1[Ge][c]1c(C)cccc1C. The van der Waals surface area contributed by atoms with Gasteiger partial charge in [0.2, 0.25) is 0 Å². The van der Waals surface area contributed by atoms with Crippen molar-refractivity contribution in [2.45, 2.75) is 27.7 Å². The van der Waals surface area contributed by atoms with E-state index in [4.69, 9.17) is 0 Å². The fourth-order valence-corrected chi connectivity index (χ4v) is 5.03. The molecule has 0 atom stereocenters. The number of benzene rings is 2. The molecule has 0 fully saturated rings. The summed E-state index contributed by atoms with van der Waals surface area (Å²) in [5.41, 5.74) is 5.81. The molecule has 2 aromatic carbocycles. The molecule has 0 amide bonds. The van der Waals surface area contributed by atoms with Gasteiger partial charge in [0, 0.05) is 0 Å². The summed E-state index contributed by atoms with van der Waals surface area (Å²) in [5.74, 6) is 0. The van der Waals surface area contributed by atoms with E-state index in [1.807, 2.05) is 0 Å². The van der Waals surface area contributed by atoms with E-state index in [1.165, 1.54) is 22.3 Å². The molecular formula is C16H18Ge. The number of aryl methyl sites for hydroxylation is 4. The molecule has 2 radical (unpaired) electrons. The summed E-state index contributed by atoms with van der Waals surface area (Å²) in [6.07, 6.45) is 0. The molecule has 0 N–H and O–H groups in total. The first-order valence-corrected chi connectivity index (χ1v) is 8.09.